The second-order valence-corrected chi connectivity index (χ2v) is 7.82. The molecule has 1 heterocycles. The second kappa shape index (κ2) is 5.92. The molecule has 0 bridgehead atoms. The molecular weight excluding hydrogens is 328 g/mol. The number of hydrogen-bond acceptors (Lipinski definition) is 4. The summed E-state index contributed by atoms with van der Waals surface area (Å²) in [6.07, 6.45) is 0. The van der Waals surface area contributed by atoms with E-state index < -0.39 is 15.9 Å². The quantitative estimate of drug-likeness (QED) is 0.927. The van der Waals surface area contributed by atoms with Crippen molar-refractivity contribution in [3.8, 4) is 11.5 Å². The van der Waals surface area contributed by atoms with Gasteiger partial charge in [0.15, 0.2) is 5.75 Å². The lowest BCUT2D eigenvalue weighted by molar-refractivity contribution is 0.102. The van der Waals surface area contributed by atoms with Gasteiger partial charge in [0.2, 0.25) is 10.0 Å². The highest BCUT2D eigenvalue weighted by Gasteiger charge is 2.27. The van der Waals surface area contributed by atoms with E-state index in [0.717, 1.165) is 0 Å². The SMILES string of the molecule is CC(C)N(C)S(=O)(=O)c1ccc2c(c1)C(=O)Nc1ccccc1O2. The number of para-hydroxylation sites is 2. The number of benzene rings is 2. The van der Waals surface area contributed by atoms with Gasteiger partial charge in [0.1, 0.15) is 5.75 Å². The van der Waals surface area contributed by atoms with Crippen LogP contribution in [-0.2, 0) is 10.0 Å². The summed E-state index contributed by atoms with van der Waals surface area (Å²) in [4.78, 5) is 12.5. The minimum absolute atomic E-state index is 0.0576. The van der Waals surface area contributed by atoms with E-state index in [1.165, 1.54) is 29.6 Å². The Balaban J connectivity index is 2.07. The van der Waals surface area contributed by atoms with Gasteiger partial charge in [0.25, 0.3) is 5.91 Å². The lowest BCUT2D eigenvalue weighted by Crippen LogP contribution is -2.33. The monoisotopic (exact) mass is 346 g/mol. The molecule has 0 atom stereocenters. The van der Waals surface area contributed by atoms with Gasteiger partial charge in [0.05, 0.1) is 16.1 Å². The molecule has 1 aliphatic rings. The van der Waals surface area contributed by atoms with Gasteiger partial charge in [0, 0.05) is 13.1 Å². The number of carbonyl (C=O) groups excluding carboxylic acids is 1. The Kier molecular flexibility index (Phi) is 4.06. The number of amides is 1. The average Bonchev–Trinajstić information content (AvgIpc) is 2.69. The number of hydrogen-bond donors (Lipinski definition) is 1. The summed E-state index contributed by atoms with van der Waals surface area (Å²) in [5.41, 5.74) is 0.729. The fourth-order valence-corrected chi connectivity index (χ4v) is 3.74. The van der Waals surface area contributed by atoms with Crippen LogP contribution in [0.4, 0.5) is 5.69 Å². The predicted octanol–water partition coefficient (Wildman–Crippen LogP) is 3.07. The number of sulfonamides is 1. The zero-order valence-electron chi connectivity index (χ0n) is 13.6. The van der Waals surface area contributed by atoms with Crippen LogP contribution in [0.3, 0.4) is 0 Å². The van der Waals surface area contributed by atoms with Crippen LogP contribution in [0.2, 0.25) is 0 Å². The molecule has 0 saturated carbocycles. The van der Waals surface area contributed by atoms with Crippen LogP contribution >= 0.6 is 0 Å². The Labute approximate surface area is 141 Å². The molecule has 1 aliphatic heterocycles. The van der Waals surface area contributed by atoms with Gasteiger partial charge in [-0.25, -0.2) is 8.42 Å². The zero-order valence-corrected chi connectivity index (χ0v) is 14.4. The average molecular weight is 346 g/mol. The first-order valence-corrected chi connectivity index (χ1v) is 8.95. The molecule has 0 spiro atoms. The van der Waals surface area contributed by atoms with E-state index in [4.69, 9.17) is 4.74 Å². The molecule has 6 nitrogen and oxygen atoms in total. The Hall–Kier alpha value is -2.38. The van der Waals surface area contributed by atoms with Crippen LogP contribution < -0.4 is 10.1 Å². The van der Waals surface area contributed by atoms with E-state index in [2.05, 4.69) is 5.32 Å². The van der Waals surface area contributed by atoms with Gasteiger partial charge in [-0.15, -0.1) is 0 Å². The molecule has 1 amide bonds. The lowest BCUT2D eigenvalue weighted by atomic mass is 10.2. The van der Waals surface area contributed by atoms with Crippen molar-refractivity contribution in [2.75, 3.05) is 12.4 Å². The second-order valence-electron chi connectivity index (χ2n) is 5.83. The maximum absolute atomic E-state index is 12.6. The van der Waals surface area contributed by atoms with Gasteiger partial charge in [-0.2, -0.15) is 4.31 Å². The summed E-state index contributed by atoms with van der Waals surface area (Å²) in [5, 5.41) is 2.74. The zero-order chi connectivity index (χ0) is 17.5. The Bertz CT molecular complexity index is 907. The summed E-state index contributed by atoms with van der Waals surface area (Å²) < 4.78 is 32.3. The highest BCUT2D eigenvalue weighted by Crippen LogP contribution is 2.36. The molecule has 1 N–H and O–H groups in total. The molecule has 7 heteroatoms. The molecule has 0 unspecified atom stereocenters. The summed E-state index contributed by atoms with van der Waals surface area (Å²) in [6.45, 7) is 3.57. The first-order chi connectivity index (χ1) is 11.3. The summed E-state index contributed by atoms with van der Waals surface area (Å²) >= 11 is 0. The fourth-order valence-electron chi connectivity index (χ4n) is 2.35. The molecule has 126 valence electrons. The number of carbonyl (C=O) groups is 1. The lowest BCUT2D eigenvalue weighted by Gasteiger charge is -2.21. The highest BCUT2D eigenvalue weighted by atomic mass is 32.2. The third-order valence-electron chi connectivity index (χ3n) is 3.96. The fraction of sp³-hybridized carbons (Fsp3) is 0.235. The summed E-state index contributed by atoms with van der Waals surface area (Å²) in [5.74, 6) is 0.433. The molecule has 24 heavy (non-hydrogen) atoms. The first-order valence-electron chi connectivity index (χ1n) is 7.51. The third-order valence-corrected chi connectivity index (χ3v) is 5.98. The molecule has 2 aromatic carbocycles. The standard InChI is InChI=1S/C17H18N2O4S/c1-11(2)19(3)24(21,22)12-8-9-15-13(10-12)17(20)18-14-6-4-5-7-16(14)23-15/h4-11H,1-3H3,(H,18,20). The summed E-state index contributed by atoms with van der Waals surface area (Å²) in [6, 6.07) is 11.2. The Morgan fingerprint density at radius 1 is 1.08 bits per heavy atom. The maximum Gasteiger partial charge on any atom is 0.259 e. The first kappa shape index (κ1) is 16.5. The van der Waals surface area contributed by atoms with Crippen LogP contribution in [-0.4, -0.2) is 31.7 Å². The van der Waals surface area contributed by atoms with E-state index in [1.54, 1.807) is 38.1 Å². The van der Waals surface area contributed by atoms with E-state index >= 15 is 0 Å². The Morgan fingerprint density at radius 3 is 2.50 bits per heavy atom. The number of ether oxygens (including phenoxy) is 1. The van der Waals surface area contributed by atoms with Crippen molar-refractivity contribution in [2.45, 2.75) is 24.8 Å². The number of nitrogens with one attached hydrogen (secondary N) is 1. The highest BCUT2D eigenvalue weighted by molar-refractivity contribution is 7.89. The topological polar surface area (TPSA) is 75.7 Å². The van der Waals surface area contributed by atoms with E-state index in [1.807, 2.05) is 0 Å². The number of fused-ring (bicyclic) bond motifs is 2. The van der Waals surface area contributed by atoms with Crippen molar-refractivity contribution >= 4 is 21.6 Å². The normalized spacial score (nSPS) is 13.8. The molecule has 3 rings (SSSR count). The van der Waals surface area contributed by atoms with Crippen LogP contribution in [0.25, 0.3) is 0 Å². The van der Waals surface area contributed by atoms with Crippen molar-refractivity contribution in [2.24, 2.45) is 0 Å². The predicted molar refractivity (Wildman–Crippen MR) is 91.0 cm³/mol. The van der Waals surface area contributed by atoms with Crippen LogP contribution in [0.5, 0.6) is 11.5 Å². The van der Waals surface area contributed by atoms with Gasteiger partial charge in [-0.1, -0.05) is 12.1 Å². The summed E-state index contributed by atoms with van der Waals surface area (Å²) in [7, 11) is -2.16. The van der Waals surface area contributed by atoms with E-state index in [9.17, 15) is 13.2 Å². The molecular formula is C17H18N2O4S. The maximum atomic E-state index is 12.6. The van der Waals surface area contributed by atoms with Crippen molar-refractivity contribution in [1.82, 2.24) is 4.31 Å². The molecule has 0 radical (unpaired) electrons. The molecule has 2 aromatic rings. The molecule has 0 saturated heterocycles. The van der Waals surface area contributed by atoms with E-state index in [0.29, 0.717) is 17.2 Å². The molecule has 0 aliphatic carbocycles. The number of rotatable bonds is 3. The van der Waals surface area contributed by atoms with Gasteiger partial charge >= 0.3 is 0 Å². The minimum Gasteiger partial charge on any atom is -0.454 e. The third kappa shape index (κ3) is 2.76. The van der Waals surface area contributed by atoms with Crippen LogP contribution in [0.1, 0.15) is 24.2 Å². The number of nitrogens with zero attached hydrogens (tertiary/aromatic N) is 1. The minimum atomic E-state index is -3.68. The van der Waals surface area contributed by atoms with Crippen molar-refractivity contribution in [3.05, 3.63) is 48.0 Å². The molecule has 0 fully saturated rings. The van der Waals surface area contributed by atoms with E-state index in [-0.39, 0.29) is 16.5 Å². The molecule has 0 aromatic heterocycles. The van der Waals surface area contributed by atoms with Crippen LogP contribution in [0, 0.1) is 0 Å². The Morgan fingerprint density at radius 2 is 1.79 bits per heavy atom. The van der Waals surface area contributed by atoms with Gasteiger partial charge in [-0.05, 0) is 44.2 Å². The van der Waals surface area contributed by atoms with Crippen molar-refractivity contribution in [3.63, 3.8) is 0 Å². The van der Waals surface area contributed by atoms with Crippen molar-refractivity contribution < 1.29 is 17.9 Å². The van der Waals surface area contributed by atoms with Gasteiger partial charge < -0.3 is 10.1 Å². The smallest absolute Gasteiger partial charge is 0.259 e. The largest absolute Gasteiger partial charge is 0.454 e. The van der Waals surface area contributed by atoms with Crippen LogP contribution in [0.15, 0.2) is 47.4 Å². The van der Waals surface area contributed by atoms with Gasteiger partial charge in [-0.3, -0.25) is 4.79 Å². The number of anilines is 1. The van der Waals surface area contributed by atoms with Crippen molar-refractivity contribution in [1.29, 1.82) is 0 Å².